The van der Waals surface area contributed by atoms with E-state index in [2.05, 4.69) is 15.9 Å². The van der Waals surface area contributed by atoms with Gasteiger partial charge in [-0.25, -0.2) is 0 Å². The van der Waals surface area contributed by atoms with Crippen molar-refractivity contribution >= 4 is 27.9 Å². The number of hydrogen-bond donors (Lipinski definition) is 1. The van der Waals surface area contributed by atoms with E-state index in [0.717, 1.165) is 10.0 Å². The predicted octanol–water partition coefficient (Wildman–Crippen LogP) is 3.13. The summed E-state index contributed by atoms with van der Waals surface area (Å²) in [6, 6.07) is 5.43. The number of carboxylic acid groups (broad SMARTS) is 1. The van der Waals surface area contributed by atoms with Crippen LogP contribution in [0.4, 0.5) is 0 Å². The summed E-state index contributed by atoms with van der Waals surface area (Å²) in [6.07, 6.45) is 0.403. The minimum Gasteiger partial charge on any atom is -0.481 e. The Bertz CT molecular complexity index is 559. The average Bonchev–Trinajstić information content (AvgIpc) is 2.64. The van der Waals surface area contributed by atoms with Crippen molar-refractivity contribution in [2.45, 2.75) is 38.7 Å². The third-order valence-corrected chi connectivity index (χ3v) is 3.75. The molecule has 0 saturated heterocycles. The van der Waals surface area contributed by atoms with Crippen LogP contribution in [0.2, 0.25) is 0 Å². The van der Waals surface area contributed by atoms with Crippen LogP contribution in [0.3, 0.4) is 0 Å². The standard InChI is InChI=1S/C15H17BrO4/c1-15(2,3)20-14(19)11-7-8-6-9(16)4-5-10(8)12(11)13(17)18/h4-6,11-12H,7H2,1-3H3,(H,17,18). The van der Waals surface area contributed by atoms with Gasteiger partial charge in [0.2, 0.25) is 0 Å². The lowest BCUT2D eigenvalue weighted by Gasteiger charge is -2.23. The number of benzene rings is 1. The van der Waals surface area contributed by atoms with Gasteiger partial charge in [0.25, 0.3) is 0 Å². The molecule has 108 valence electrons. The molecule has 0 bridgehead atoms. The molecule has 0 amide bonds. The number of ether oxygens (including phenoxy) is 1. The number of esters is 1. The molecule has 1 N–H and O–H groups in total. The fourth-order valence-electron chi connectivity index (χ4n) is 2.53. The molecule has 20 heavy (non-hydrogen) atoms. The zero-order valence-corrected chi connectivity index (χ0v) is 13.2. The van der Waals surface area contributed by atoms with Crippen molar-refractivity contribution in [1.29, 1.82) is 0 Å². The Morgan fingerprint density at radius 1 is 1.35 bits per heavy atom. The van der Waals surface area contributed by atoms with Crippen LogP contribution in [0.5, 0.6) is 0 Å². The van der Waals surface area contributed by atoms with Crippen molar-refractivity contribution in [1.82, 2.24) is 0 Å². The smallest absolute Gasteiger partial charge is 0.311 e. The van der Waals surface area contributed by atoms with Gasteiger partial charge in [0.15, 0.2) is 0 Å². The summed E-state index contributed by atoms with van der Waals surface area (Å²) >= 11 is 3.36. The van der Waals surface area contributed by atoms with E-state index in [1.165, 1.54) is 0 Å². The quantitative estimate of drug-likeness (QED) is 0.840. The third-order valence-electron chi connectivity index (χ3n) is 3.26. The van der Waals surface area contributed by atoms with Gasteiger partial charge in [0.05, 0.1) is 11.8 Å². The fraction of sp³-hybridized carbons (Fsp3) is 0.467. The monoisotopic (exact) mass is 340 g/mol. The molecule has 0 saturated carbocycles. The number of carbonyl (C=O) groups excluding carboxylic acids is 1. The Balaban J connectivity index is 2.32. The molecule has 0 heterocycles. The maximum absolute atomic E-state index is 12.2. The van der Waals surface area contributed by atoms with Crippen LogP contribution < -0.4 is 0 Å². The minimum atomic E-state index is -0.984. The van der Waals surface area contributed by atoms with E-state index in [1.54, 1.807) is 32.9 Å². The van der Waals surface area contributed by atoms with Gasteiger partial charge in [-0.05, 0) is 50.5 Å². The van der Waals surface area contributed by atoms with Crippen LogP contribution in [-0.4, -0.2) is 22.6 Å². The number of carbonyl (C=O) groups is 2. The summed E-state index contributed by atoms with van der Waals surface area (Å²) in [5.41, 5.74) is 0.981. The molecular weight excluding hydrogens is 324 g/mol. The van der Waals surface area contributed by atoms with Crippen LogP contribution in [0.25, 0.3) is 0 Å². The van der Waals surface area contributed by atoms with E-state index < -0.39 is 29.4 Å². The van der Waals surface area contributed by atoms with Gasteiger partial charge in [0, 0.05) is 4.47 Å². The van der Waals surface area contributed by atoms with Crippen LogP contribution in [0, 0.1) is 5.92 Å². The second-order valence-corrected chi connectivity index (χ2v) is 6.92. The van der Waals surface area contributed by atoms with E-state index in [4.69, 9.17) is 4.74 Å². The first-order chi connectivity index (χ1) is 9.19. The van der Waals surface area contributed by atoms with Crippen LogP contribution in [-0.2, 0) is 20.7 Å². The molecule has 2 rings (SSSR count). The Labute approximate surface area is 126 Å². The lowest BCUT2D eigenvalue weighted by molar-refractivity contribution is -0.163. The molecular formula is C15H17BrO4. The van der Waals surface area contributed by atoms with Crippen LogP contribution in [0.15, 0.2) is 22.7 Å². The maximum Gasteiger partial charge on any atom is 0.311 e. The van der Waals surface area contributed by atoms with Crippen molar-refractivity contribution in [2.75, 3.05) is 0 Å². The SMILES string of the molecule is CC(C)(C)OC(=O)C1Cc2cc(Br)ccc2C1C(=O)O. The van der Waals surface area contributed by atoms with Crippen molar-refractivity contribution in [2.24, 2.45) is 5.92 Å². The van der Waals surface area contributed by atoms with Crippen molar-refractivity contribution in [3.05, 3.63) is 33.8 Å². The molecule has 2 atom stereocenters. The van der Waals surface area contributed by atoms with Gasteiger partial charge < -0.3 is 9.84 Å². The third kappa shape index (κ3) is 3.03. The summed E-state index contributed by atoms with van der Waals surface area (Å²) in [6.45, 7) is 5.33. The van der Waals surface area contributed by atoms with Crippen molar-refractivity contribution < 1.29 is 19.4 Å². The van der Waals surface area contributed by atoms with E-state index in [1.807, 2.05) is 6.07 Å². The second kappa shape index (κ2) is 5.20. The first kappa shape index (κ1) is 15.0. The zero-order valence-electron chi connectivity index (χ0n) is 11.6. The Morgan fingerprint density at radius 3 is 2.55 bits per heavy atom. The molecule has 1 aromatic rings. The summed E-state index contributed by atoms with van der Waals surface area (Å²) < 4.78 is 6.23. The normalized spacial score (nSPS) is 21.4. The highest BCUT2D eigenvalue weighted by atomic mass is 79.9. The molecule has 0 spiro atoms. The number of carboxylic acids is 1. The number of fused-ring (bicyclic) bond motifs is 1. The molecule has 1 aliphatic carbocycles. The van der Waals surface area contributed by atoms with Gasteiger partial charge >= 0.3 is 11.9 Å². The van der Waals surface area contributed by atoms with Gasteiger partial charge in [-0.1, -0.05) is 22.0 Å². The number of halogens is 1. The van der Waals surface area contributed by atoms with Crippen molar-refractivity contribution in [3.63, 3.8) is 0 Å². The maximum atomic E-state index is 12.2. The molecule has 0 aromatic heterocycles. The Morgan fingerprint density at radius 2 is 2.00 bits per heavy atom. The highest BCUT2D eigenvalue weighted by Gasteiger charge is 2.43. The molecule has 0 fully saturated rings. The van der Waals surface area contributed by atoms with Crippen LogP contribution >= 0.6 is 15.9 Å². The number of hydrogen-bond acceptors (Lipinski definition) is 3. The zero-order chi connectivity index (χ0) is 15.1. The summed E-state index contributed by atoms with van der Waals surface area (Å²) in [5.74, 6) is -2.91. The fourth-order valence-corrected chi connectivity index (χ4v) is 2.94. The molecule has 1 aliphatic rings. The van der Waals surface area contributed by atoms with Crippen LogP contribution in [0.1, 0.15) is 37.8 Å². The first-order valence-corrected chi connectivity index (χ1v) is 7.22. The van der Waals surface area contributed by atoms with Gasteiger partial charge in [-0.2, -0.15) is 0 Å². The molecule has 1 aromatic carbocycles. The van der Waals surface area contributed by atoms with E-state index in [0.29, 0.717) is 12.0 Å². The summed E-state index contributed by atoms with van der Waals surface area (Å²) in [4.78, 5) is 23.7. The predicted molar refractivity (Wildman–Crippen MR) is 77.6 cm³/mol. The van der Waals surface area contributed by atoms with Gasteiger partial charge in [-0.3, -0.25) is 9.59 Å². The number of rotatable bonds is 2. The van der Waals surface area contributed by atoms with Crippen molar-refractivity contribution in [3.8, 4) is 0 Å². The van der Waals surface area contributed by atoms with E-state index in [-0.39, 0.29) is 0 Å². The summed E-state index contributed by atoms with van der Waals surface area (Å²) in [7, 11) is 0. The van der Waals surface area contributed by atoms with E-state index in [9.17, 15) is 14.7 Å². The first-order valence-electron chi connectivity index (χ1n) is 6.43. The van der Waals surface area contributed by atoms with Gasteiger partial charge in [-0.15, -0.1) is 0 Å². The lowest BCUT2D eigenvalue weighted by atomic mass is 9.92. The van der Waals surface area contributed by atoms with E-state index >= 15 is 0 Å². The van der Waals surface area contributed by atoms with Gasteiger partial charge in [0.1, 0.15) is 5.60 Å². The second-order valence-electron chi connectivity index (χ2n) is 6.00. The molecule has 0 aliphatic heterocycles. The largest absolute Gasteiger partial charge is 0.481 e. The average molecular weight is 341 g/mol. The molecule has 4 nitrogen and oxygen atoms in total. The Kier molecular flexibility index (Phi) is 3.91. The number of aliphatic carboxylic acids is 1. The lowest BCUT2D eigenvalue weighted by Crippen LogP contribution is -2.32. The summed E-state index contributed by atoms with van der Waals surface area (Å²) in [5, 5.41) is 9.43. The molecule has 0 radical (unpaired) electrons. The molecule has 2 unspecified atom stereocenters. The Hall–Kier alpha value is -1.36. The topological polar surface area (TPSA) is 63.6 Å². The highest BCUT2D eigenvalue weighted by molar-refractivity contribution is 9.10. The highest BCUT2D eigenvalue weighted by Crippen LogP contribution is 2.40. The molecule has 5 heteroatoms. The minimum absolute atomic E-state index is 0.403.